The van der Waals surface area contributed by atoms with Crippen LogP contribution in [0.4, 0.5) is 15.8 Å². The van der Waals surface area contributed by atoms with Gasteiger partial charge in [-0.2, -0.15) is 5.10 Å². The summed E-state index contributed by atoms with van der Waals surface area (Å²) in [4.78, 5) is 11.8. The number of hydrogen-bond donors (Lipinski definition) is 2. The van der Waals surface area contributed by atoms with Gasteiger partial charge < -0.3 is 11.1 Å². The smallest absolute Gasteiger partial charge is 0.258 e. The third-order valence-electron chi connectivity index (χ3n) is 2.23. The Labute approximate surface area is 97.0 Å². The maximum atomic E-state index is 12.8. The van der Waals surface area contributed by atoms with Crippen molar-refractivity contribution in [1.82, 2.24) is 9.78 Å². The van der Waals surface area contributed by atoms with Crippen molar-refractivity contribution in [3.63, 3.8) is 0 Å². The van der Waals surface area contributed by atoms with Crippen LogP contribution in [-0.4, -0.2) is 15.7 Å². The molecule has 0 radical (unpaired) electrons. The molecule has 1 aromatic carbocycles. The number of nitrogens with two attached hydrogens (primary N) is 1. The van der Waals surface area contributed by atoms with Crippen molar-refractivity contribution in [2.24, 2.45) is 7.05 Å². The van der Waals surface area contributed by atoms with Gasteiger partial charge in [0.2, 0.25) is 0 Å². The largest absolute Gasteiger partial charge is 0.397 e. The minimum atomic E-state index is -0.443. The molecule has 1 heterocycles. The van der Waals surface area contributed by atoms with Gasteiger partial charge in [-0.3, -0.25) is 9.48 Å². The standard InChI is InChI=1S/C11H11FN4O/c1-16-6-7(5-14-16)11(17)15-10-3-2-8(12)4-9(10)13/h2-6H,13H2,1H3,(H,15,17). The summed E-state index contributed by atoms with van der Waals surface area (Å²) in [5, 5.41) is 6.46. The predicted molar refractivity (Wildman–Crippen MR) is 62.0 cm³/mol. The normalized spacial score (nSPS) is 10.2. The quantitative estimate of drug-likeness (QED) is 0.771. The first-order valence-corrected chi connectivity index (χ1v) is 4.91. The van der Waals surface area contributed by atoms with E-state index < -0.39 is 5.82 Å². The summed E-state index contributed by atoms with van der Waals surface area (Å²) in [6.45, 7) is 0. The molecular formula is C11H11FN4O. The summed E-state index contributed by atoms with van der Waals surface area (Å²) >= 11 is 0. The fourth-order valence-electron chi connectivity index (χ4n) is 1.38. The van der Waals surface area contributed by atoms with E-state index in [-0.39, 0.29) is 11.6 Å². The van der Waals surface area contributed by atoms with E-state index >= 15 is 0 Å². The maximum Gasteiger partial charge on any atom is 0.258 e. The van der Waals surface area contributed by atoms with E-state index in [9.17, 15) is 9.18 Å². The minimum absolute atomic E-state index is 0.183. The molecule has 0 atom stereocenters. The first-order valence-electron chi connectivity index (χ1n) is 4.91. The van der Waals surface area contributed by atoms with Gasteiger partial charge in [0, 0.05) is 13.2 Å². The summed E-state index contributed by atoms with van der Waals surface area (Å²) < 4.78 is 14.3. The fraction of sp³-hybridized carbons (Fsp3) is 0.0909. The van der Waals surface area contributed by atoms with Crippen LogP contribution in [0.3, 0.4) is 0 Å². The molecule has 17 heavy (non-hydrogen) atoms. The Morgan fingerprint density at radius 3 is 2.88 bits per heavy atom. The van der Waals surface area contributed by atoms with Crippen LogP contribution in [-0.2, 0) is 7.05 Å². The highest BCUT2D eigenvalue weighted by atomic mass is 19.1. The zero-order valence-electron chi connectivity index (χ0n) is 9.14. The monoisotopic (exact) mass is 234 g/mol. The van der Waals surface area contributed by atoms with E-state index in [4.69, 9.17) is 5.73 Å². The van der Waals surface area contributed by atoms with Gasteiger partial charge in [0.1, 0.15) is 5.82 Å². The van der Waals surface area contributed by atoms with Gasteiger partial charge in [-0.15, -0.1) is 0 Å². The molecule has 5 nitrogen and oxygen atoms in total. The van der Waals surface area contributed by atoms with Crippen LogP contribution >= 0.6 is 0 Å². The predicted octanol–water partition coefficient (Wildman–Crippen LogP) is 1.39. The highest BCUT2D eigenvalue weighted by Gasteiger charge is 2.10. The number of nitrogen functional groups attached to an aromatic ring is 1. The second kappa shape index (κ2) is 4.25. The SMILES string of the molecule is Cn1cc(C(=O)Nc2ccc(F)cc2N)cn1. The summed E-state index contributed by atoms with van der Waals surface area (Å²) in [7, 11) is 1.71. The maximum absolute atomic E-state index is 12.8. The molecular weight excluding hydrogens is 223 g/mol. The van der Waals surface area contributed by atoms with E-state index in [1.54, 1.807) is 13.2 Å². The van der Waals surface area contributed by atoms with Gasteiger partial charge in [-0.25, -0.2) is 4.39 Å². The number of aryl methyl sites for hydroxylation is 1. The lowest BCUT2D eigenvalue weighted by Gasteiger charge is -2.06. The Morgan fingerprint density at radius 1 is 1.53 bits per heavy atom. The Kier molecular flexibility index (Phi) is 2.78. The lowest BCUT2D eigenvalue weighted by Crippen LogP contribution is -2.12. The third kappa shape index (κ3) is 2.41. The number of amides is 1. The van der Waals surface area contributed by atoms with Crippen LogP contribution in [0.1, 0.15) is 10.4 Å². The highest BCUT2D eigenvalue weighted by Crippen LogP contribution is 2.19. The number of nitrogens with one attached hydrogen (secondary N) is 1. The Morgan fingerprint density at radius 2 is 2.29 bits per heavy atom. The molecule has 1 amide bonds. The van der Waals surface area contributed by atoms with Crippen LogP contribution < -0.4 is 11.1 Å². The molecule has 6 heteroatoms. The van der Waals surface area contributed by atoms with E-state index in [2.05, 4.69) is 10.4 Å². The average molecular weight is 234 g/mol. The first-order chi connectivity index (χ1) is 8.06. The van der Waals surface area contributed by atoms with E-state index in [0.717, 1.165) is 6.07 Å². The van der Waals surface area contributed by atoms with E-state index in [1.807, 2.05) is 0 Å². The van der Waals surface area contributed by atoms with Crippen molar-refractivity contribution in [3.8, 4) is 0 Å². The molecule has 0 aliphatic heterocycles. The molecule has 0 saturated carbocycles. The van der Waals surface area contributed by atoms with Crippen molar-refractivity contribution in [3.05, 3.63) is 42.0 Å². The molecule has 0 saturated heterocycles. The topological polar surface area (TPSA) is 72.9 Å². The molecule has 3 N–H and O–H groups in total. The van der Waals surface area contributed by atoms with Crippen LogP contribution in [0.5, 0.6) is 0 Å². The highest BCUT2D eigenvalue weighted by molar-refractivity contribution is 6.05. The molecule has 0 aliphatic carbocycles. The molecule has 0 unspecified atom stereocenters. The number of halogens is 1. The molecule has 0 bridgehead atoms. The molecule has 2 rings (SSSR count). The Bertz CT molecular complexity index is 564. The van der Waals surface area contributed by atoms with Crippen molar-refractivity contribution >= 4 is 17.3 Å². The fourth-order valence-corrected chi connectivity index (χ4v) is 1.38. The van der Waals surface area contributed by atoms with Crippen LogP contribution in [0.2, 0.25) is 0 Å². The number of benzene rings is 1. The van der Waals surface area contributed by atoms with Crippen molar-refractivity contribution < 1.29 is 9.18 Å². The number of aromatic nitrogens is 2. The Hall–Kier alpha value is -2.37. The third-order valence-corrected chi connectivity index (χ3v) is 2.23. The van der Waals surface area contributed by atoms with E-state index in [1.165, 1.54) is 23.0 Å². The molecule has 2 aromatic rings. The van der Waals surface area contributed by atoms with Crippen LogP contribution in [0.15, 0.2) is 30.6 Å². The number of anilines is 2. The van der Waals surface area contributed by atoms with Gasteiger partial charge in [0.15, 0.2) is 0 Å². The first kappa shape index (κ1) is 11.1. The van der Waals surface area contributed by atoms with Crippen LogP contribution in [0, 0.1) is 5.82 Å². The van der Waals surface area contributed by atoms with Gasteiger partial charge in [-0.05, 0) is 18.2 Å². The van der Waals surface area contributed by atoms with Crippen LogP contribution in [0.25, 0.3) is 0 Å². The lowest BCUT2D eigenvalue weighted by atomic mass is 10.2. The van der Waals surface area contributed by atoms with Crippen molar-refractivity contribution in [1.29, 1.82) is 0 Å². The molecule has 88 valence electrons. The number of hydrogen-bond acceptors (Lipinski definition) is 3. The van der Waals surface area contributed by atoms with Crippen molar-refractivity contribution in [2.45, 2.75) is 0 Å². The number of rotatable bonds is 2. The minimum Gasteiger partial charge on any atom is -0.397 e. The second-order valence-electron chi connectivity index (χ2n) is 3.59. The average Bonchev–Trinajstić information content (AvgIpc) is 2.69. The molecule has 0 aliphatic rings. The molecule has 0 fully saturated rings. The molecule has 1 aromatic heterocycles. The van der Waals surface area contributed by atoms with E-state index in [0.29, 0.717) is 11.3 Å². The van der Waals surface area contributed by atoms with Gasteiger partial charge >= 0.3 is 0 Å². The van der Waals surface area contributed by atoms with Gasteiger partial charge in [-0.1, -0.05) is 0 Å². The lowest BCUT2D eigenvalue weighted by molar-refractivity contribution is 0.102. The molecule has 0 spiro atoms. The van der Waals surface area contributed by atoms with Gasteiger partial charge in [0.05, 0.1) is 23.1 Å². The summed E-state index contributed by atoms with van der Waals surface area (Å²) in [6.07, 6.45) is 3.02. The Balaban J connectivity index is 2.18. The number of nitrogens with zero attached hydrogens (tertiary/aromatic N) is 2. The summed E-state index contributed by atoms with van der Waals surface area (Å²) in [5.74, 6) is -0.779. The summed E-state index contributed by atoms with van der Waals surface area (Å²) in [5.41, 5.74) is 6.55. The summed E-state index contributed by atoms with van der Waals surface area (Å²) in [6, 6.07) is 3.80. The second-order valence-corrected chi connectivity index (χ2v) is 3.59. The zero-order valence-corrected chi connectivity index (χ0v) is 9.14. The van der Waals surface area contributed by atoms with Gasteiger partial charge in [0.25, 0.3) is 5.91 Å². The van der Waals surface area contributed by atoms with Crippen molar-refractivity contribution in [2.75, 3.05) is 11.1 Å². The number of carbonyl (C=O) groups excluding carboxylic acids is 1. The number of carbonyl (C=O) groups is 1. The zero-order chi connectivity index (χ0) is 12.4.